The van der Waals surface area contributed by atoms with Gasteiger partial charge in [-0.05, 0) is 35.6 Å². The Bertz CT molecular complexity index is 663. The number of hydrogen-bond donors (Lipinski definition) is 1. The SMILES string of the molecule is c1ccc2c(c1)c(C1CC1)cn2-c1nn[nH]n1. The number of nitrogens with one attached hydrogen (secondary N) is 1. The minimum Gasteiger partial charge on any atom is -0.282 e. The molecule has 0 radical (unpaired) electrons. The number of aromatic amines is 1. The maximum absolute atomic E-state index is 4.05. The second-order valence-electron chi connectivity index (χ2n) is 4.46. The van der Waals surface area contributed by atoms with Crippen LogP contribution in [-0.4, -0.2) is 25.2 Å². The van der Waals surface area contributed by atoms with Crippen LogP contribution in [0, 0.1) is 0 Å². The van der Waals surface area contributed by atoms with E-state index >= 15 is 0 Å². The Morgan fingerprint density at radius 1 is 1.24 bits per heavy atom. The molecule has 84 valence electrons. The summed E-state index contributed by atoms with van der Waals surface area (Å²) < 4.78 is 2.01. The Kier molecular flexibility index (Phi) is 1.66. The normalized spacial score (nSPS) is 15.5. The van der Waals surface area contributed by atoms with E-state index in [1.807, 2.05) is 10.6 Å². The van der Waals surface area contributed by atoms with E-state index in [4.69, 9.17) is 0 Å². The largest absolute Gasteiger partial charge is 0.282 e. The first kappa shape index (κ1) is 8.92. The highest BCUT2D eigenvalue weighted by Gasteiger charge is 2.27. The van der Waals surface area contributed by atoms with Gasteiger partial charge in [-0.3, -0.25) is 4.57 Å². The quantitative estimate of drug-likeness (QED) is 0.725. The van der Waals surface area contributed by atoms with Crippen LogP contribution in [0.4, 0.5) is 0 Å². The van der Waals surface area contributed by atoms with E-state index < -0.39 is 0 Å². The van der Waals surface area contributed by atoms with Crippen LogP contribution in [0.1, 0.15) is 24.3 Å². The maximum atomic E-state index is 4.05. The lowest BCUT2D eigenvalue weighted by atomic mass is 10.1. The molecule has 0 bridgehead atoms. The molecule has 2 aromatic heterocycles. The zero-order valence-electron chi connectivity index (χ0n) is 9.17. The third-order valence-corrected chi connectivity index (χ3v) is 3.31. The maximum Gasteiger partial charge on any atom is 0.274 e. The molecule has 0 saturated heterocycles. The summed E-state index contributed by atoms with van der Waals surface area (Å²) in [6, 6.07) is 8.38. The van der Waals surface area contributed by atoms with Gasteiger partial charge in [-0.2, -0.15) is 5.21 Å². The van der Waals surface area contributed by atoms with E-state index in [1.165, 1.54) is 23.8 Å². The highest BCUT2D eigenvalue weighted by Crippen LogP contribution is 2.44. The van der Waals surface area contributed by atoms with Gasteiger partial charge in [0.05, 0.1) is 5.52 Å². The van der Waals surface area contributed by atoms with Crippen LogP contribution in [0.15, 0.2) is 30.5 Å². The average Bonchev–Trinajstić information content (AvgIpc) is 2.93. The molecule has 1 fully saturated rings. The van der Waals surface area contributed by atoms with Gasteiger partial charge in [0.1, 0.15) is 0 Å². The molecule has 0 spiro atoms. The Morgan fingerprint density at radius 2 is 2.12 bits per heavy atom. The number of aromatic nitrogens is 5. The van der Waals surface area contributed by atoms with Gasteiger partial charge in [-0.25, -0.2) is 0 Å². The Labute approximate surface area is 97.5 Å². The smallest absolute Gasteiger partial charge is 0.274 e. The highest BCUT2D eigenvalue weighted by molar-refractivity contribution is 5.86. The standard InChI is InChI=1S/C12H11N5/c1-2-4-11-9(3-1)10(8-5-6-8)7-17(11)12-13-15-16-14-12/h1-4,7-8H,5-6H2,(H,13,14,15,16). The predicted molar refractivity (Wildman–Crippen MR) is 63.0 cm³/mol. The van der Waals surface area contributed by atoms with E-state index in [2.05, 4.69) is 45.0 Å². The summed E-state index contributed by atoms with van der Waals surface area (Å²) in [4.78, 5) is 0. The molecule has 1 saturated carbocycles. The third kappa shape index (κ3) is 1.28. The third-order valence-electron chi connectivity index (χ3n) is 3.31. The zero-order chi connectivity index (χ0) is 11.2. The van der Waals surface area contributed by atoms with Crippen molar-refractivity contribution in [3.63, 3.8) is 0 Å². The molecule has 1 N–H and O–H groups in total. The van der Waals surface area contributed by atoms with Crippen LogP contribution < -0.4 is 0 Å². The van der Waals surface area contributed by atoms with Crippen molar-refractivity contribution >= 4 is 10.9 Å². The van der Waals surface area contributed by atoms with E-state index in [1.54, 1.807) is 0 Å². The van der Waals surface area contributed by atoms with Gasteiger partial charge in [-0.15, -0.1) is 5.10 Å². The first-order chi connectivity index (χ1) is 8.43. The fraction of sp³-hybridized carbons (Fsp3) is 0.250. The summed E-state index contributed by atoms with van der Waals surface area (Å²) in [6.45, 7) is 0. The van der Waals surface area contributed by atoms with Crippen LogP contribution in [-0.2, 0) is 0 Å². The summed E-state index contributed by atoms with van der Waals surface area (Å²) in [5.41, 5.74) is 2.56. The van der Waals surface area contributed by atoms with Crippen LogP contribution in [0.25, 0.3) is 16.9 Å². The zero-order valence-corrected chi connectivity index (χ0v) is 9.17. The van der Waals surface area contributed by atoms with Gasteiger partial charge in [0.25, 0.3) is 5.95 Å². The first-order valence-electron chi connectivity index (χ1n) is 5.77. The molecule has 0 atom stereocenters. The summed E-state index contributed by atoms with van der Waals surface area (Å²) in [5.74, 6) is 1.32. The molecule has 0 aliphatic heterocycles. The van der Waals surface area contributed by atoms with Crippen molar-refractivity contribution < 1.29 is 0 Å². The molecule has 5 heteroatoms. The lowest BCUT2D eigenvalue weighted by Gasteiger charge is -1.96. The fourth-order valence-electron chi connectivity index (χ4n) is 2.35. The first-order valence-corrected chi connectivity index (χ1v) is 5.77. The summed E-state index contributed by atoms with van der Waals surface area (Å²) in [5, 5.41) is 15.5. The number of rotatable bonds is 2. The molecule has 2 heterocycles. The Morgan fingerprint density at radius 3 is 2.88 bits per heavy atom. The molecule has 3 aromatic rings. The highest BCUT2D eigenvalue weighted by atomic mass is 15.5. The fourth-order valence-corrected chi connectivity index (χ4v) is 2.35. The van der Waals surface area contributed by atoms with E-state index in [0.717, 1.165) is 5.52 Å². The number of benzene rings is 1. The van der Waals surface area contributed by atoms with Crippen LogP contribution >= 0.6 is 0 Å². The molecule has 4 rings (SSSR count). The molecule has 5 nitrogen and oxygen atoms in total. The monoisotopic (exact) mass is 225 g/mol. The average molecular weight is 225 g/mol. The van der Waals surface area contributed by atoms with Gasteiger partial charge in [0, 0.05) is 11.6 Å². The predicted octanol–water partition coefficient (Wildman–Crippen LogP) is 2.02. The van der Waals surface area contributed by atoms with Gasteiger partial charge in [0.15, 0.2) is 0 Å². The van der Waals surface area contributed by atoms with Gasteiger partial charge in [-0.1, -0.05) is 23.3 Å². The van der Waals surface area contributed by atoms with Crippen LogP contribution in [0.2, 0.25) is 0 Å². The van der Waals surface area contributed by atoms with Gasteiger partial charge >= 0.3 is 0 Å². The minimum atomic E-state index is 0.605. The second kappa shape index (κ2) is 3.16. The van der Waals surface area contributed by atoms with Crippen molar-refractivity contribution in [3.8, 4) is 5.95 Å². The lowest BCUT2D eigenvalue weighted by molar-refractivity contribution is 0.881. The number of fused-ring (bicyclic) bond motifs is 1. The van der Waals surface area contributed by atoms with E-state index in [-0.39, 0.29) is 0 Å². The number of nitrogens with zero attached hydrogens (tertiary/aromatic N) is 4. The van der Waals surface area contributed by atoms with Crippen molar-refractivity contribution in [2.45, 2.75) is 18.8 Å². The lowest BCUT2D eigenvalue weighted by Crippen LogP contribution is -1.94. The minimum absolute atomic E-state index is 0.605. The summed E-state index contributed by atoms with van der Waals surface area (Å²) in [7, 11) is 0. The molecule has 17 heavy (non-hydrogen) atoms. The number of hydrogen-bond acceptors (Lipinski definition) is 3. The molecule has 0 unspecified atom stereocenters. The van der Waals surface area contributed by atoms with Gasteiger partial charge < -0.3 is 0 Å². The van der Waals surface area contributed by atoms with Crippen molar-refractivity contribution in [3.05, 3.63) is 36.0 Å². The Hall–Kier alpha value is -2.17. The van der Waals surface area contributed by atoms with Crippen molar-refractivity contribution in [2.24, 2.45) is 0 Å². The Balaban J connectivity index is 2.03. The molecule has 0 amide bonds. The van der Waals surface area contributed by atoms with Crippen LogP contribution in [0.3, 0.4) is 0 Å². The number of H-pyrrole nitrogens is 1. The topological polar surface area (TPSA) is 59.4 Å². The van der Waals surface area contributed by atoms with Crippen molar-refractivity contribution in [1.82, 2.24) is 25.2 Å². The molecule has 1 aliphatic carbocycles. The van der Waals surface area contributed by atoms with E-state index in [0.29, 0.717) is 11.9 Å². The van der Waals surface area contributed by atoms with Gasteiger partial charge in [0.2, 0.25) is 0 Å². The summed E-state index contributed by atoms with van der Waals surface area (Å²) in [6.07, 6.45) is 4.73. The van der Waals surface area contributed by atoms with Crippen molar-refractivity contribution in [2.75, 3.05) is 0 Å². The van der Waals surface area contributed by atoms with E-state index in [9.17, 15) is 0 Å². The molecular weight excluding hydrogens is 214 g/mol. The molecule has 1 aliphatic rings. The number of tetrazole rings is 1. The molecular formula is C12H11N5. The molecule has 1 aromatic carbocycles. The summed E-state index contributed by atoms with van der Waals surface area (Å²) >= 11 is 0. The second-order valence-corrected chi connectivity index (χ2v) is 4.46. The van der Waals surface area contributed by atoms with Crippen molar-refractivity contribution in [1.29, 1.82) is 0 Å². The number of para-hydroxylation sites is 1. The van der Waals surface area contributed by atoms with Crippen LogP contribution in [0.5, 0.6) is 0 Å².